The number of rotatable bonds is 4. The molecule has 114 valence electrons. The van der Waals surface area contributed by atoms with Crippen LogP contribution in [0.15, 0.2) is 35.4 Å². The molecular weight excluding hydrogens is 286 g/mol. The first-order valence-electron chi connectivity index (χ1n) is 7.10. The predicted octanol–water partition coefficient (Wildman–Crippen LogP) is 3.51. The lowest BCUT2D eigenvalue weighted by Crippen LogP contribution is -2.41. The Morgan fingerprint density at radius 1 is 1.19 bits per heavy atom. The second kappa shape index (κ2) is 6.03. The third-order valence-electron chi connectivity index (χ3n) is 4.07. The van der Waals surface area contributed by atoms with E-state index in [0.717, 1.165) is 16.8 Å². The van der Waals surface area contributed by atoms with Crippen LogP contribution in [0.5, 0.6) is 5.75 Å². The molecule has 1 aromatic carbocycles. The fraction of sp³-hybridized carbons (Fsp3) is 0.500. The van der Waals surface area contributed by atoms with Gasteiger partial charge in [-0.2, -0.15) is 0 Å². The molecule has 21 heavy (non-hydrogen) atoms. The molecule has 0 aromatic heterocycles. The molecule has 1 saturated heterocycles. The van der Waals surface area contributed by atoms with Crippen LogP contribution in [-0.4, -0.2) is 24.9 Å². The molecule has 0 aliphatic carbocycles. The largest absolute Gasteiger partial charge is 0.498 e. The molecular formula is C16H22BClO3. The average molecular weight is 309 g/mol. The van der Waals surface area contributed by atoms with Crippen molar-refractivity contribution in [1.29, 1.82) is 0 Å². The molecule has 0 radical (unpaired) electrons. The van der Waals surface area contributed by atoms with Crippen LogP contribution in [0.1, 0.15) is 34.6 Å². The molecule has 0 bridgehead atoms. The standard InChI is InChI=1S/C16H22BClO3/c1-12(10-18)11-19-14-9-7-6-8-13(14)17-20-15(2,3)16(4,5)21-17/h6-10H,11H2,1-5H3/b12-10-. The zero-order valence-corrected chi connectivity index (χ0v) is 14.0. The number of benzene rings is 1. The zero-order chi connectivity index (χ0) is 15.7. The van der Waals surface area contributed by atoms with E-state index in [9.17, 15) is 0 Å². The van der Waals surface area contributed by atoms with Crippen LogP contribution < -0.4 is 10.2 Å². The van der Waals surface area contributed by atoms with Crippen LogP contribution >= 0.6 is 11.6 Å². The minimum atomic E-state index is -0.425. The highest BCUT2D eigenvalue weighted by Gasteiger charge is 2.52. The Balaban J connectivity index is 2.22. The van der Waals surface area contributed by atoms with Crippen LogP contribution in [0.4, 0.5) is 0 Å². The quantitative estimate of drug-likeness (QED) is 0.797. The molecule has 1 aliphatic heterocycles. The number of para-hydroxylation sites is 1. The van der Waals surface area contributed by atoms with Gasteiger partial charge >= 0.3 is 7.12 Å². The van der Waals surface area contributed by atoms with Crippen molar-refractivity contribution in [3.05, 3.63) is 35.4 Å². The summed E-state index contributed by atoms with van der Waals surface area (Å²) in [4.78, 5) is 0. The fourth-order valence-electron chi connectivity index (χ4n) is 2.00. The van der Waals surface area contributed by atoms with E-state index in [1.807, 2.05) is 58.9 Å². The number of hydrogen-bond acceptors (Lipinski definition) is 3. The van der Waals surface area contributed by atoms with Gasteiger partial charge in [-0.3, -0.25) is 0 Å². The Bertz CT molecular complexity index is 524. The molecule has 0 N–H and O–H groups in total. The van der Waals surface area contributed by atoms with Gasteiger partial charge in [0.2, 0.25) is 0 Å². The van der Waals surface area contributed by atoms with Crippen LogP contribution in [-0.2, 0) is 9.31 Å². The second-order valence-electron chi connectivity index (χ2n) is 6.37. The van der Waals surface area contributed by atoms with Crippen molar-refractivity contribution >= 4 is 24.2 Å². The minimum absolute atomic E-state index is 0.364. The van der Waals surface area contributed by atoms with E-state index in [1.54, 1.807) is 0 Å². The van der Waals surface area contributed by atoms with Gasteiger partial charge in [-0.1, -0.05) is 29.8 Å². The second-order valence-corrected chi connectivity index (χ2v) is 6.59. The van der Waals surface area contributed by atoms with Gasteiger partial charge in [-0.25, -0.2) is 0 Å². The van der Waals surface area contributed by atoms with Crippen LogP contribution in [0, 0.1) is 0 Å². The van der Waals surface area contributed by atoms with Gasteiger partial charge in [0.05, 0.1) is 11.2 Å². The van der Waals surface area contributed by atoms with Crippen LogP contribution in [0.25, 0.3) is 0 Å². The topological polar surface area (TPSA) is 27.7 Å². The van der Waals surface area contributed by atoms with Gasteiger partial charge in [-0.15, -0.1) is 0 Å². The normalized spacial score (nSPS) is 20.7. The third-order valence-corrected chi connectivity index (χ3v) is 4.44. The maximum Gasteiger partial charge on any atom is 0.498 e. The monoisotopic (exact) mass is 308 g/mol. The zero-order valence-electron chi connectivity index (χ0n) is 13.3. The Morgan fingerprint density at radius 2 is 1.76 bits per heavy atom. The molecule has 0 amide bonds. The average Bonchev–Trinajstić information content (AvgIpc) is 2.65. The Hall–Kier alpha value is -0.965. The molecule has 1 aliphatic rings. The van der Waals surface area contributed by atoms with Gasteiger partial charge in [0.1, 0.15) is 12.4 Å². The molecule has 0 atom stereocenters. The van der Waals surface area contributed by atoms with Crippen molar-refractivity contribution in [3.8, 4) is 5.75 Å². The first-order valence-corrected chi connectivity index (χ1v) is 7.54. The van der Waals surface area contributed by atoms with Gasteiger partial charge < -0.3 is 14.0 Å². The lowest BCUT2D eigenvalue weighted by atomic mass is 9.78. The summed E-state index contributed by atoms with van der Waals surface area (Å²) >= 11 is 5.67. The van der Waals surface area contributed by atoms with E-state index in [2.05, 4.69) is 0 Å². The van der Waals surface area contributed by atoms with E-state index < -0.39 is 7.12 Å². The summed E-state index contributed by atoms with van der Waals surface area (Å²) in [6.45, 7) is 10.5. The molecule has 1 aromatic rings. The maximum absolute atomic E-state index is 6.08. The van der Waals surface area contributed by atoms with Crippen molar-refractivity contribution in [2.45, 2.75) is 45.8 Å². The molecule has 2 rings (SSSR count). The van der Waals surface area contributed by atoms with Gasteiger partial charge in [-0.05, 0) is 46.3 Å². The lowest BCUT2D eigenvalue weighted by Gasteiger charge is -2.32. The summed E-state index contributed by atoms with van der Waals surface area (Å²) in [6.07, 6.45) is 0. The summed E-state index contributed by atoms with van der Waals surface area (Å²) in [5, 5.41) is 0. The highest BCUT2D eigenvalue weighted by Crippen LogP contribution is 2.37. The van der Waals surface area contributed by atoms with E-state index in [-0.39, 0.29) is 11.2 Å². The van der Waals surface area contributed by atoms with E-state index in [0.29, 0.717) is 6.61 Å². The van der Waals surface area contributed by atoms with Crippen molar-refractivity contribution in [3.63, 3.8) is 0 Å². The van der Waals surface area contributed by atoms with Crippen LogP contribution in [0.2, 0.25) is 0 Å². The summed E-state index contributed by atoms with van der Waals surface area (Å²) in [5.74, 6) is 0.758. The Labute approximate surface area is 132 Å². The van der Waals surface area contributed by atoms with Gasteiger partial charge in [0, 0.05) is 11.0 Å². The van der Waals surface area contributed by atoms with Crippen molar-refractivity contribution < 1.29 is 14.0 Å². The summed E-state index contributed by atoms with van der Waals surface area (Å²) in [6, 6.07) is 7.78. The van der Waals surface area contributed by atoms with Crippen LogP contribution in [0.3, 0.4) is 0 Å². The molecule has 0 unspecified atom stereocenters. The van der Waals surface area contributed by atoms with Gasteiger partial charge in [0.15, 0.2) is 0 Å². The summed E-state index contributed by atoms with van der Waals surface area (Å²) < 4.78 is 18.0. The van der Waals surface area contributed by atoms with Crippen molar-refractivity contribution in [2.24, 2.45) is 0 Å². The summed E-state index contributed by atoms with van der Waals surface area (Å²) in [7, 11) is -0.425. The lowest BCUT2D eigenvalue weighted by molar-refractivity contribution is 0.00578. The van der Waals surface area contributed by atoms with E-state index >= 15 is 0 Å². The first-order chi connectivity index (χ1) is 9.77. The molecule has 0 saturated carbocycles. The predicted molar refractivity (Wildman–Crippen MR) is 87.3 cm³/mol. The Kier molecular flexibility index (Phi) is 4.71. The molecule has 1 heterocycles. The highest BCUT2D eigenvalue weighted by molar-refractivity contribution is 6.63. The molecule has 0 spiro atoms. The van der Waals surface area contributed by atoms with Gasteiger partial charge in [0.25, 0.3) is 0 Å². The SMILES string of the molecule is C/C(=C/Cl)COc1ccccc1B1OC(C)(C)C(C)(C)O1. The molecule has 3 nitrogen and oxygen atoms in total. The number of ether oxygens (including phenoxy) is 1. The first kappa shape index (κ1) is 16.4. The number of halogens is 1. The summed E-state index contributed by atoms with van der Waals surface area (Å²) in [5.41, 5.74) is 2.66. The minimum Gasteiger partial charge on any atom is -0.490 e. The highest BCUT2D eigenvalue weighted by atomic mass is 35.5. The fourth-order valence-corrected chi connectivity index (χ4v) is 2.06. The van der Waals surface area contributed by atoms with E-state index in [1.165, 1.54) is 5.54 Å². The molecule has 5 heteroatoms. The van der Waals surface area contributed by atoms with Crippen molar-refractivity contribution in [1.82, 2.24) is 0 Å². The smallest absolute Gasteiger partial charge is 0.490 e. The third kappa shape index (κ3) is 3.45. The van der Waals surface area contributed by atoms with E-state index in [4.69, 9.17) is 25.6 Å². The van der Waals surface area contributed by atoms with Crippen molar-refractivity contribution in [2.75, 3.05) is 6.61 Å². The maximum atomic E-state index is 6.08. The molecule has 1 fully saturated rings. The Morgan fingerprint density at radius 3 is 2.33 bits per heavy atom. The number of hydrogen-bond donors (Lipinski definition) is 0.